The number of nitrogens with two attached hydrogens (primary N) is 1. The fourth-order valence-corrected chi connectivity index (χ4v) is 4.91. The van der Waals surface area contributed by atoms with E-state index in [1.807, 2.05) is 36.4 Å². The third kappa shape index (κ3) is 8.17. The van der Waals surface area contributed by atoms with Gasteiger partial charge in [-0.2, -0.15) is 0 Å². The van der Waals surface area contributed by atoms with E-state index in [1.54, 1.807) is 66.7 Å². The van der Waals surface area contributed by atoms with Crippen molar-refractivity contribution in [3.05, 3.63) is 142 Å². The molecule has 0 saturated heterocycles. The van der Waals surface area contributed by atoms with Gasteiger partial charge >= 0.3 is 5.97 Å². The molecular formula is C36H35N3O7. The van der Waals surface area contributed by atoms with E-state index in [-0.39, 0.29) is 37.3 Å². The van der Waals surface area contributed by atoms with Crippen molar-refractivity contribution in [2.75, 3.05) is 18.2 Å². The molecule has 0 aliphatic carbocycles. The number of ether oxygens (including phenoxy) is 3. The van der Waals surface area contributed by atoms with Crippen LogP contribution in [0, 0.1) is 0 Å². The number of rotatable bonds is 11. The van der Waals surface area contributed by atoms with Gasteiger partial charge in [-0.25, -0.2) is 4.79 Å². The Balaban J connectivity index is 1.25. The van der Waals surface area contributed by atoms with Crippen LogP contribution in [-0.4, -0.2) is 36.3 Å². The lowest BCUT2D eigenvalue weighted by Crippen LogP contribution is -2.32. The van der Waals surface area contributed by atoms with E-state index >= 15 is 0 Å². The zero-order valence-corrected chi connectivity index (χ0v) is 25.3. The highest BCUT2D eigenvalue weighted by Crippen LogP contribution is 2.32. The summed E-state index contributed by atoms with van der Waals surface area (Å²) in [5.41, 5.74) is 11.2. The zero-order valence-electron chi connectivity index (χ0n) is 25.3. The van der Waals surface area contributed by atoms with Crippen LogP contribution in [-0.2, 0) is 38.8 Å². The topological polar surface area (TPSA) is 149 Å². The second-order valence-corrected chi connectivity index (χ2v) is 10.7. The van der Waals surface area contributed by atoms with Crippen molar-refractivity contribution in [3.63, 3.8) is 0 Å². The SMILES string of the molecule is COC(=O)c1ccc(C2C=C(C(=O)NCc3ccc(C(=O)Nc4ccccc4N)cc3)OC(OCc3ccc(CO)cc3)C2)cc1. The van der Waals surface area contributed by atoms with Crippen molar-refractivity contribution in [1.82, 2.24) is 5.32 Å². The summed E-state index contributed by atoms with van der Waals surface area (Å²) in [6, 6.07) is 28.3. The Kier molecular flexibility index (Phi) is 10.4. The molecule has 10 nitrogen and oxygen atoms in total. The first-order chi connectivity index (χ1) is 22.3. The molecule has 2 amide bonds. The average molecular weight is 622 g/mol. The first kappa shape index (κ1) is 32.0. The van der Waals surface area contributed by atoms with E-state index in [4.69, 9.17) is 19.9 Å². The molecule has 2 atom stereocenters. The quantitative estimate of drug-likeness (QED) is 0.134. The van der Waals surface area contributed by atoms with Gasteiger partial charge in [-0.3, -0.25) is 9.59 Å². The molecule has 0 radical (unpaired) electrons. The fourth-order valence-electron chi connectivity index (χ4n) is 4.91. The highest BCUT2D eigenvalue weighted by Gasteiger charge is 2.29. The number of hydrogen-bond acceptors (Lipinski definition) is 8. The van der Waals surface area contributed by atoms with Crippen LogP contribution < -0.4 is 16.4 Å². The number of carbonyl (C=O) groups excluding carboxylic acids is 3. The Morgan fingerprint density at radius 1 is 0.848 bits per heavy atom. The second-order valence-electron chi connectivity index (χ2n) is 10.7. The summed E-state index contributed by atoms with van der Waals surface area (Å²) >= 11 is 0. The average Bonchev–Trinajstić information content (AvgIpc) is 3.10. The van der Waals surface area contributed by atoms with Crippen molar-refractivity contribution in [3.8, 4) is 0 Å². The van der Waals surface area contributed by atoms with E-state index in [1.165, 1.54) is 7.11 Å². The number of aliphatic hydroxyl groups excluding tert-OH is 1. The first-order valence-corrected chi connectivity index (χ1v) is 14.7. The van der Waals surface area contributed by atoms with Gasteiger partial charge in [0.25, 0.3) is 11.8 Å². The summed E-state index contributed by atoms with van der Waals surface area (Å²) < 4.78 is 16.9. The van der Waals surface area contributed by atoms with Crippen molar-refractivity contribution in [1.29, 1.82) is 0 Å². The summed E-state index contributed by atoms with van der Waals surface area (Å²) in [5, 5.41) is 15.0. The number of hydrogen-bond donors (Lipinski definition) is 4. The number of nitrogens with one attached hydrogen (secondary N) is 2. The van der Waals surface area contributed by atoms with Gasteiger partial charge in [0.1, 0.15) is 0 Å². The van der Waals surface area contributed by atoms with Crippen molar-refractivity contribution in [2.24, 2.45) is 0 Å². The molecule has 236 valence electrons. The molecule has 5 N–H and O–H groups in total. The molecule has 1 heterocycles. The fraction of sp³-hybridized carbons (Fsp3) is 0.194. The van der Waals surface area contributed by atoms with Crippen molar-refractivity contribution in [2.45, 2.75) is 38.4 Å². The molecule has 46 heavy (non-hydrogen) atoms. The summed E-state index contributed by atoms with van der Waals surface area (Å²) in [6.45, 7) is 0.403. The predicted molar refractivity (Wildman–Crippen MR) is 172 cm³/mol. The summed E-state index contributed by atoms with van der Waals surface area (Å²) in [4.78, 5) is 37.9. The predicted octanol–water partition coefficient (Wildman–Crippen LogP) is 5.05. The van der Waals surface area contributed by atoms with Crippen LogP contribution in [0.25, 0.3) is 0 Å². The lowest BCUT2D eigenvalue weighted by Gasteiger charge is -2.29. The molecule has 10 heteroatoms. The number of nitrogen functional groups attached to an aromatic ring is 1. The highest BCUT2D eigenvalue weighted by molar-refractivity contribution is 6.05. The van der Waals surface area contributed by atoms with Gasteiger partial charge in [-0.15, -0.1) is 0 Å². The zero-order chi connectivity index (χ0) is 32.5. The molecular weight excluding hydrogens is 586 g/mol. The third-order valence-corrected chi connectivity index (χ3v) is 7.56. The van der Waals surface area contributed by atoms with E-state index < -0.39 is 18.2 Å². The van der Waals surface area contributed by atoms with Gasteiger partial charge in [0.15, 0.2) is 5.76 Å². The van der Waals surface area contributed by atoms with Crippen LogP contribution in [0.2, 0.25) is 0 Å². The Hall–Kier alpha value is -5.45. The molecule has 0 saturated carbocycles. The number of anilines is 2. The van der Waals surface area contributed by atoms with Crippen LogP contribution in [0.3, 0.4) is 0 Å². The minimum Gasteiger partial charge on any atom is -0.465 e. The molecule has 5 rings (SSSR count). The van der Waals surface area contributed by atoms with Gasteiger partial charge in [-0.05, 0) is 64.7 Å². The minimum absolute atomic E-state index is 0.0458. The largest absolute Gasteiger partial charge is 0.465 e. The lowest BCUT2D eigenvalue weighted by molar-refractivity contribution is -0.150. The van der Waals surface area contributed by atoms with Crippen LogP contribution in [0.5, 0.6) is 0 Å². The number of benzene rings is 4. The number of para-hydroxylation sites is 2. The smallest absolute Gasteiger partial charge is 0.337 e. The van der Waals surface area contributed by atoms with E-state index in [9.17, 15) is 19.5 Å². The summed E-state index contributed by atoms with van der Waals surface area (Å²) in [7, 11) is 1.33. The van der Waals surface area contributed by atoms with Gasteiger partial charge in [0.2, 0.25) is 6.29 Å². The van der Waals surface area contributed by atoms with Crippen molar-refractivity contribution < 1.29 is 33.7 Å². The molecule has 0 fully saturated rings. The molecule has 0 aromatic heterocycles. The number of allylic oxidation sites excluding steroid dienone is 1. The van der Waals surface area contributed by atoms with Gasteiger partial charge in [0, 0.05) is 24.4 Å². The standard InChI is InChI=1S/C36H35N3O7/c1-44-36(43)28-16-14-26(15-17-28)29-18-32(46-33(19-29)45-22-25-8-6-24(21-40)7-9-25)35(42)38-20-23-10-12-27(13-11-23)34(41)39-31-5-3-2-4-30(31)37/h2-18,29,33,40H,19-22,37H2,1H3,(H,38,42)(H,39,41). The highest BCUT2D eigenvalue weighted by atomic mass is 16.7. The van der Waals surface area contributed by atoms with Gasteiger partial charge in [0.05, 0.1) is 37.3 Å². The maximum Gasteiger partial charge on any atom is 0.337 e. The Labute approximate surface area is 266 Å². The molecule has 0 bridgehead atoms. The van der Waals surface area contributed by atoms with Crippen LogP contribution in [0.15, 0.2) is 109 Å². The number of carbonyl (C=O) groups is 3. The van der Waals surface area contributed by atoms with E-state index in [0.717, 1.165) is 22.3 Å². The monoisotopic (exact) mass is 621 g/mol. The van der Waals surface area contributed by atoms with Crippen molar-refractivity contribution >= 4 is 29.2 Å². The second kappa shape index (κ2) is 15.0. The van der Waals surface area contributed by atoms with E-state index in [2.05, 4.69) is 10.6 Å². The summed E-state index contributed by atoms with van der Waals surface area (Å²) in [6.07, 6.45) is 1.48. The maximum atomic E-state index is 13.3. The Bertz CT molecular complexity index is 1700. The molecule has 4 aromatic rings. The molecule has 0 spiro atoms. The first-order valence-electron chi connectivity index (χ1n) is 14.7. The molecule has 4 aromatic carbocycles. The van der Waals surface area contributed by atoms with Gasteiger partial charge < -0.3 is 35.7 Å². The summed E-state index contributed by atoms with van der Waals surface area (Å²) in [5.74, 6) is -1.25. The molecule has 2 unspecified atom stereocenters. The van der Waals surface area contributed by atoms with Crippen LogP contribution in [0.4, 0.5) is 11.4 Å². The lowest BCUT2D eigenvalue weighted by atomic mass is 9.92. The van der Waals surface area contributed by atoms with Crippen LogP contribution >= 0.6 is 0 Å². The number of methoxy groups -OCH3 is 1. The number of aliphatic hydroxyl groups is 1. The number of amides is 2. The minimum atomic E-state index is -0.718. The Morgan fingerprint density at radius 2 is 1.50 bits per heavy atom. The number of esters is 1. The molecule has 1 aliphatic heterocycles. The Morgan fingerprint density at radius 3 is 2.17 bits per heavy atom. The van der Waals surface area contributed by atoms with E-state index in [0.29, 0.717) is 28.9 Å². The normalized spacial score (nSPS) is 15.7. The van der Waals surface area contributed by atoms with Crippen LogP contribution in [0.1, 0.15) is 55.3 Å². The maximum absolute atomic E-state index is 13.3. The van der Waals surface area contributed by atoms with Gasteiger partial charge in [-0.1, -0.05) is 60.7 Å². The molecule has 1 aliphatic rings. The third-order valence-electron chi connectivity index (χ3n) is 7.56.